The van der Waals surface area contributed by atoms with Crippen LogP contribution in [0.3, 0.4) is 0 Å². The first-order valence-electron chi connectivity index (χ1n) is 9.95. The largest absolute Gasteiger partial charge is 0.495 e. The van der Waals surface area contributed by atoms with Crippen LogP contribution in [0.15, 0.2) is 48.5 Å². The normalized spacial score (nSPS) is 13.9. The molecule has 0 atom stereocenters. The van der Waals surface area contributed by atoms with Gasteiger partial charge in [0, 0.05) is 39.6 Å². The summed E-state index contributed by atoms with van der Waals surface area (Å²) in [6.45, 7) is 6.85. The number of hydrogen-bond acceptors (Lipinski definition) is 4. The lowest BCUT2D eigenvalue weighted by molar-refractivity contribution is -0.140. The SMILES string of the molecule is COc1ccccc1N1CCN(C(=O)CN(Cc2ccccc2C)C(C)=O)CC1. The van der Waals surface area contributed by atoms with Crippen LogP contribution < -0.4 is 9.64 Å². The van der Waals surface area contributed by atoms with E-state index in [-0.39, 0.29) is 18.4 Å². The van der Waals surface area contributed by atoms with Crippen LogP contribution in [0.5, 0.6) is 5.75 Å². The summed E-state index contributed by atoms with van der Waals surface area (Å²) in [5.41, 5.74) is 3.24. The highest BCUT2D eigenvalue weighted by Gasteiger charge is 2.25. The van der Waals surface area contributed by atoms with Gasteiger partial charge in [-0.05, 0) is 30.2 Å². The highest BCUT2D eigenvalue weighted by molar-refractivity contribution is 5.84. The van der Waals surface area contributed by atoms with Crippen molar-refractivity contribution >= 4 is 17.5 Å². The van der Waals surface area contributed by atoms with Gasteiger partial charge in [0.15, 0.2) is 0 Å². The zero-order chi connectivity index (χ0) is 20.8. The summed E-state index contributed by atoms with van der Waals surface area (Å²) < 4.78 is 5.45. The van der Waals surface area contributed by atoms with Crippen molar-refractivity contribution in [2.24, 2.45) is 0 Å². The number of carbonyl (C=O) groups is 2. The van der Waals surface area contributed by atoms with Crippen molar-refractivity contribution in [2.45, 2.75) is 20.4 Å². The fourth-order valence-corrected chi connectivity index (χ4v) is 3.62. The molecule has 1 aliphatic heterocycles. The molecule has 0 bridgehead atoms. The third-order valence-electron chi connectivity index (χ3n) is 5.45. The van der Waals surface area contributed by atoms with Crippen molar-refractivity contribution in [3.05, 3.63) is 59.7 Å². The lowest BCUT2D eigenvalue weighted by Crippen LogP contribution is -2.51. The average molecular weight is 396 g/mol. The molecule has 0 radical (unpaired) electrons. The van der Waals surface area contributed by atoms with E-state index in [0.717, 1.165) is 35.7 Å². The van der Waals surface area contributed by atoms with Crippen molar-refractivity contribution in [3.63, 3.8) is 0 Å². The van der Waals surface area contributed by atoms with Crippen LogP contribution in [-0.2, 0) is 16.1 Å². The molecule has 0 spiro atoms. The number of benzene rings is 2. The van der Waals surface area contributed by atoms with Gasteiger partial charge in [-0.15, -0.1) is 0 Å². The number of hydrogen-bond donors (Lipinski definition) is 0. The van der Waals surface area contributed by atoms with E-state index in [1.165, 1.54) is 6.92 Å². The van der Waals surface area contributed by atoms with Gasteiger partial charge in [-0.25, -0.2) is 0 Å². The fourth-order valence-electron chi connectivity index (χ4n) is 3.62. The maximum Gasteiger partial charge on any atom is 0.242 e. The van der Waals surface area contributed by atoms with Crippen molar-refractivity contribution in [1.29, 1.82) is 0 Å². The van der Waals surface area contributed by atoms with Crippen molar-refractivity contribution in [3.8, 4) is 5.75 Å². The van der Waals surface area contributed by atoms with Gasteiger partial charge < -0.3 is 19.4 Å². The highest BCUT2D eigenvalue weighted by Crippen LogP contribution is 2.28. The lowest BCUT2D eigenvalue weighted by atomic mass is 10.1. The Morgan fingerprint density at radius 1 is 1.00 bits per heavy atom. The van der Waals surface area contributed by atoms with E-state index in [1.54, 1.807) is 12.0 Å². The Morgan fingerprint density at radius 3 is 2.31 bits per heavy atom. The second kappa shape index (κ2) is 9.45. The minimum absolute atomic E-state index is 0.00605. The van der Waals surface area contributed by atoms with Crippen LogP contribution in [0.25, 0.3) is 0 Å². The van der Waals surface area contributed by atoms with Crippen molar-refractivity contribution < 1.29 is 14.3 Å². The number of nitrogens with zero attached hydrogens (tertiary/aromatic N) is 3. The molecule has 2 amide bonds. The monoisotopic (exact) mass is 395 g/mol. The molecular weight excluding hydrogens is 366 g/mol. The highest BCUT2D eigenvalue weighted by atomic mass is 16.5. The number of para-hydroxylation sites is 2. The maximum atomic E-state index is 12.8. The molecule has 1 saturated heterocycles. The van der Waals surface area contributed by atoms with E-state index >= 15 is 0 Å². The minimum atomic E-state index is -0.0886. The maximum absolute atomic E-state index is 12.8. The molecular formula is C23H29N3O3. The molecule has 6 heteroatoms. The number of ether oxygens (including phenoxy) is 1. The Morgan fingerprint density at radius 2 is 1.66 bits per heavy atom. The molecule has 3 rings (SSSR count). The minimum Gasteiger partial charge on any atom is -0.495 e. The number of carbonyl (C=O) groups excluding carboxylic acids is 2. The Hall–Kier alpha value is -3.02. The molecule has 2 aromatic rings. The standard InChI is InChI=1S/C23H29N3O3/c1-18-8-4-5-9-20(18)16-26(19(2)27)17-23(28)25-14-12-24(13-15-25)21-10-6-7-11-22(21)29-3/h4-11H,12-17H2,1-3H3. The van der Waals surface area contributed by atoms with E-state index in [2.05, 4.69) is 4.90 Å². The molecule has 1 heterocycles. The summed E-state index contributed by atoms with van der Waals surface area (Å²) in [7, 11) is 1.67. The Bertz CT molecular complexity index is 860. The molecule has 0 N–H and O–H groups in total. The average Bonchev–Trinajstić information content (AvgIpc) is 2.74. The molecule has 0 aromatic heterocycles. The van der Waals surface area contributed by atoms with Gasteiger partial charge >= 0.3 is 0 Å². The predicted molar refractivity (Wildman–Crippen MR) is 114 cm³/mol. The number of aryl methyl sites for hydroxylation is 1. The van der Waals surface area contributed by atoms with Crippen LogP contribution in [-0.4, -0.2) is 61.4 Å². The molecule has 0 saturated carbocycles. The van der Waals surface area contributed by atoms with E-state index in [4.69, 9.17) is 4.74 Å². The number of amides is 2. The number of anilines is 1. The Balaban J connectivity index is 1.59. The second-order valence-corrected chi connectivity index (χ2v) is 7.34. The lowest BCUT2D eigenvalue weighted by Gasteiger charge is -2.37. The van der Waals surface area contributed by atoms with Crippen LogP contribution >= 0.6 is 0 Å². The quantitative estimate of drug-likeness (QED) is 0.755. The Labute approximate surface area is 172 Å². The second-order valence-electron chi connectivity index (χ2n) is 7.34. The predicted octanol–water partition coefficient (Wildman–Crippen LogP) is 2.70. The summed E-state index contributed by atoms with van der Waals surface area (Å²) in [6.07, 6.45) is 0. The van der Waals surface area contributed by atoms with Gasteiger partial charge in [0.25, 0.3) is 0 Å². The van der Waals surface area contributed by atoms with E-state index in [9.17, 15) is 9.59 Å². The number of piperazine rings is 1. The zero-order valence-corrected chi connectivity index (χ0v) is 17.4. The first kappa shape index (κ1) is 20.7. The molecule has 1 fully saturated rings. The molecule has 1 aliphatic rings. The zero-order valence-electron chi connectivity index (χ0n) is 17.4. The van der Waals surface area contributed by atoms with Crippen LogP contribution in [0.2, 0.25) is 0 Å². The summed E-state index contributed by atoms with van der Waals surface area (Å²) >= 11 is 0. The molecule has 0 unspecified atom stereocenters. The van der Waals surface area contributed by atoms with Gasteiger partial charge in [0.2, 0.25) is 11.8 Å². The van der Waals surface area contributed by atoms with E-state index in [1.807, 2.05) is 60.4 Å². The van der Waals surface area contributed by atoms with Gasteiger partial charge in [-0.3, -0.25) is 9.59 Å². The summed E-state index contributed by atoms with van der Waals surface area (Å²) in [6, 6.07) is 15.9. The van der Waals surface area contributed by atoms with Gasteiger partial charge in [0.05, 0.1) is 12.8 Å². The third-order valence-corrected chi connectivity index (χ3v) is 5.45. The molecule has 29 heavy (non-hydrogen) atoms. The molecule has 0 aliphatic carbocycles. The summed E-state index contributed by atoms with van der Waals surface area (Å²) in [5.74, 6) is 0.746. The van der Waals surface area contributed by atoms with Gasteiger partial charge in [-0.1, -0.05) is 36.4 Å². The fraction of sp³-hybridized carbons (Fsp3) is 0.391. The first-order valence-corrected chi connectivity index (χ1v) is 9.95. The molecule has 2 aromatic carbocycles. The van der Waals surface area contributed by atoms with E-state index in [0.29, 0.717) is 19.6 Å². The summed E-state index contributed by atoms with van der Waals surface area (Å²) in [4.78, 5) is 30.7. The third kappa shape index (κ3) is 5.08. The number of rotatable bonds is 6. The van der Waals surface area contributed by atoms with Gasteiger partial charge in [-0.2, -0.15) is 0 Å². The van der Waals surface area contributed by atoms with Crippen molar-refractivity contribution in [2.75, 3.05) is 44.7 Å². The van der Waals surface area contributed by atoms with Gasteiger partial charge in [0.1, 0.15) is 12.3 Å². The molecule has 6 nitrogen and oxygen atoms in total. The summed E-state index contributed by atoms with van der Waals surface area (Å²) in [5, 5.41) is 0. The number of methoxy groups -OCH3 is 1. The van der Waals surface area contributed by atoms with Crippen molar-refractivity contribution in [1.82, 2.24) is 9.80 Å². The first-order chi connectivity index (χ1) is 14.0. The smallest absolute Gasteiger partial charge is 0.242 e. The Kier molecular flexibility index (Phi) is 6.75. The van der Waals surface area contributed by atoms with Crippen LogP contribution in [0.4, 0.5) is 5.69 Å². The topological polar surface area (TPSA) is 53.1 Å². The van der Waals surface area contributed by atoms with Crippen LogP contribution in [0.1, 0.15) is 18.1 Å². The molecule has 154 valence electrons. The van der Waals surface area contributed by atoms with E-state index < -0.39 is 0 Å². The van der Waals surface area contributed by atoms with Crippen LogP contribution in [0, 0.1) is 6.92 Å².